The molecule has 2 fully saturated rings. The van der Waals surface area contributed by atoms with Gasteiger partial charge in [0, 0.05) is 43.8 Å². The van der Waals surface area contributed by atoms with Gasteiger partial charge in [0.05, 0.1) is 12.2 Å². The predicted octanol–water partition coefficient (Wildman–Crippen LogP) is 1.23. The van der Waals surface area contributed by atoms with E-state index in [4.69, 9.17) is 23.1 Å². The van der Waals surface area contributed by atoms with Crippen LogP contribution < -0.4 is 21.5 Å². The summed E-state index contributed by atoms with van der Waals surface area (Å²) in [5.41, 5.74) is 14.1. The fraction of sp³-hybridized carbons (Fsp3) is 0.483. The lowest BCUT2D eigenvalue weighted by molar-refractivity contribution is -0.142. The van der Waals surface area contributed by atoms with Crippen LogP contribution in [0.25, 0.3) is 0 Å². The van der Waals surface area contributed by atoms with Gasteiger partial charge in [0.2, 0.25) is 27.7 Å². The van der Waals surface area contributed by atoms with Gasteiger partial charge in [-0.1, -0.05) is 48.0 Å². The number of nitrogens with zero attached hydrogens (tertiary/aromatic N) is 2. The molecule has 2 aromatic rings. The van der Waals surface area contributed by atoms with Gasteiger partial charge in [-0.15, -0.1) is 0 Å². The van der Waals surface area contributed by atoms with E-state index in [1.54, 1.807) is 53.4 Å². The Balaban J connectivity index is 1.52. The first-order chi connectivity index (χ1) is 20.1. The van der Waals surface area contributed by atoms with Crippen LogP contribution in [0.2, 0.25) is 5.02 Å². The number of likely N-dealkylation sites (tertiary alicyclic amines) is 2. The van der Waals surface area contributed by atoms with Crippen molar-refractivity contribution in [1.29, 1.82) is 0 Å². The molecule has 2 aliphatic rings. The van der Waals surface area contributed by atoms with Crippen LogP contribution >= 0.6 is 11.6 Å². The van der Waals surface area contributed by atoms with Crippen LogP contribution in [0, 0.1) is 0 Å². The average molecular weight is 619 g/mol. The lowest BCUT2D eigenvalue weighted by Gasteiger charge is -2.31. The molecule has 3 amide bonds. The molecule has 0 aromatic heterocycles. The smallest absolute Gasteiger partial charge is 0.243 e. The van der Waals surface area contributed by atoms with Crippen molar-refractivity contribution in [2.24, 2.45) is 11.5 Å². The van der Waals surface area contributed by atoms with Gasteiger partial charge in [-0.2, -0.15) is 0 Å². The number of benzene rings is 2. The van der Waals surface area contributed by atoms with Crippen LogP contribution in [-0.2, 0) is 43.2 Å². The summed E-state index contributed by atoms with van der Waals surface area (Å²) in [6, 6.07) is 11.0. The van der Waals surface area contributed by atoms with Crippen LogP contribution in [0.5, 0.6) is 0 Å². The molecule has 2 saturated heterocycles. The molecular weight excluding hydrogens is 580 g/mol. The second-order valence-corrected chi connectivity index (χ2v) is 13.1. The van der Waals surface area contributed by atoms with E-state index in [9.17, 15) is 22.8 Å². The number of nitrogens with one attached hydrogen (secondary N) is 2. The van der Waals surface area contributed by atoms with Gasteiger partial charge in [0.15, 0.2) is 0 Å². The molecule has 0 bridgehead atoms. The summed E-state index contributed by atoms with van der Waals surface area (Å²) in [4.78, 5) is 43.4. The van der Waals surface area contributed by atoms with Gasteiger partial charge < -0.3 is 26.6 Å². The number of carbonyl (C=O) groups excluding carboxylic acids is 3. The molecule has 0 aliphatic carbocycles. The Kier molecular flexibility index (Phi) is 11.0. The Morgan fingerprint density at radius 2 is 1.74 bits per heavy atom. The Morgan fingerprint density at radius 1 is 1.02 bits per heavy atom. The summed E-state index contributed by atoms with van der Waals surface area (Å²) in [6.07, 6.45) is 2.56. The zero-order chi connectivity index (χ0) is 30.3. The molecule has 6 N–H and O–H groups in total. The molecule has 11 nitrogen and oxygen atoms in total. The number of piperidine rings is 1. The lowest BCUT2D eigenvalue weighted by atomic mass is 10.1. The Bertz CT molecular complexity index is 1370. The van der Waals surface area contributed by atoms with Crippen molar-refractivity contribution in [3.8, 4) is 0 Å². The highest BCUT2D eigenvalue weighted by Gasteiger charge is 2.42. The molecule has 42 heavy (non-hydrogen) atoms. The van der Waals surface area contributed by atoms with Crippen molar-refractivity contribution >= 4 is 39.3 Å². The van der Waals surface area contributed by atoms with E-state index in [-0.39, 0.29) is 44.1 Å². The van der Waals surface area contributed by atoms with E-state index in [1.165, 1.54) is 4.90 Å². The minimum Gasteiger partial charge on any atom is -0.350 e. The highest BCUT2D eigenvalue weighted by molar-refractivity contribution is 7.88. The number of carbonyl (C=O) groups is 3. The summed E-state index contributed by atoms with van der Waals surface area (Å²) in [5.74, 6) is -1.76. The van der Waals surface area contributed by atoms with Gasteiger partial charge in [-0.3, -0.25) is 14.4 Å². The number of halogens is 1. The fourth-order valence-corrected chi connectivity index (χ4v) is 7.02. The summed E-state index contributed by atoms with van der Waals surface area (Å²) >= 11 is 6.13. The van der Waals surface area contributed by atoms with Crippen LogP contribution in [0.3, 0.4) is 0 Å². The van der Waals surface area contributed by atoms with Crippen molar-refractivity contribution in [3.05, 3.63) is 70.2 Å². The molecule has 0 radical (unpaired) electrons. The molecule has 0 unspecified atom stereocenters. The highest BCUT2D eigenvalue weighted by atomic mass is 35.5. The van der Waals surface area contributed by atoms with Gasteiger partial charge in [-0.25, -0.2) is 13.1 Å². The topological polar surface area (TPSA) is 168 Å². The SMILES string of the molecule is NCc1ccc(Cl)cc1CNC(=O)[C@@H]1C[C@@H](N)CN1C(=O)[C@@H](CC(=O)N1CCCCC1)NS(=O)(=O)Cc1ccccc1. The Labute approximate surface area is 252 Å². The molecule has 4 rings (SSSR count). The summed E-state index contributed by atoms with van der Waals surface area (Å²) in [6.45, 7) is 1.57. The molecule has 0 spiro atoms. The third-order valence-electron chi connectivity index (χ3n) is 7.67. The minimum absolute atomic E-state index is 0.0525. The zero-order valence-corrected chi connectivity index (χ0v) is 25.1. The molecule has 2 heterocycles. The molecular formula is C29H39ClN6O5S. The molecule has 3 atom stereocenters. The second-order valence-electron chi connectivity index (χ2n) is 10.9. The number of rotatable bonds is 11. The van der Waals surface area contributed by atoms with Gasteiger partial charge in [-0.05, 0) is 54.5 Å². The Morgan fingerprint density at radius 3 is 2.43 bits per heavy atom. The second kappa shape index (κ2) is 14.4. The van der Waals surface area contributed by atoms with Crippen molar-refractivity contribution in [3.63, 3.8) is 0 Å². The minimum atomic E-state index is -4.02. The monoisotopic (exact) mass is 618 g/mol. The summed E-state index contributed by atoms with van der Waals surface area (Å²) < 4.78 is 28.8. The third-order valence-corrected chi connectivity index (χ3v) is 9.26. The highest BCUT2D eigenvalue weighted by Crippen LogP contribution is 2.22. The number of nitrogens with two attached hydrogens (primary N) is 2. The first-order valence-electron chi connectivity index (χ1n) is 14.2. The molecule has 0 saturated carbocycles. The molecule has 228 valence electrons. The van der Waals surface area contributed by atoms with Crippen molar-refractivity contribution < 1.29 is 22.8 Å². The standard InChI is InChI=1S/C29H39ClN6O5S/c30-23-10-9-21(16-31)22(13-23)17-33-28(38)26-14-24(32)18-36(26)29(39)25(15-27(37)35-11-5-2-6-12-35)34-42(40,41)19-20-7-3-1-4-8-20/h1,3-4,7-10,13,24-26,34H,2,5-6,11-12,14-19,31-32H2,(H,33,38)/t24-,25-,26+/m1/s1. The number of sulfonamides is 1. The Hall–Kier alpha value is -3.03. The van der Waals surface area contributed by atoms with E-state index in [2.05, 4.69) is 10.0 Å². The first kappa shape index (κ1) is 31.9. The van der Waals surface area contributed by atoms with Crippen molar-refractivity contribution in [2.75, 3.05) is 19.6 Å². The van der Waals surface area contributed by atoms with Crippen LogP contribution in [-0.4, -0.2) is 73.7 Å². The van der Waals surface area contributed by atoms with Crippen LogP contribution in [0.15, 0.2) is 48.5 Å². The maximum absolute atomic E-state index is 13.9. The van der Waals surface area contributed by atoms with Crippen LogP contribution in [0.1, 0.15) is 48.8 Å². The molecule has 2 aromatic carbocycles. The lowest BCUT2D eigenvalue weighted by Crippen LogP contribution is -2.55. The fourth-order valence-electron chi connectivity index (χ4n) is 5.50. The summed E-state index contributed by atoms with van der Waals surface area (Å²) in [7, 11) is -4.02. The number of hydrogen-bond donors (Lipinski definition) is 4. The van der Waals surface area contributed by atoms with Gasteiger partial charge in [0.25, 0.3) is 0 Å². The van der Waals surface area contributed by atoms with E-state index in [0.29, 0.717) is 23.7 Å². The molecule has 13 heteroatoms. The maximum atomic E-state index is 13.9. The van der Waals surface area contributed by atoms with Gasteiger partial charge in [0.1, 0.15) is 12.1 Å². The third kappa shape index (κ3) is 8.51. The zero-order valence-electron chi connectivity index (χ0n) is 23.5. The average Bonchev–Trinajstić information content (AvgIpc) is 3.37. The van der Waals surface area contributed by atoms with E-state index >= 15 is 0 Å². The van der Waals surface area contributed by atoms with Crippen molar-refractivity contribution in [1.82, 2.24) is 19.8 Å². The van der Waals surface area contributed by atoms with E-state index < -0.39 is 40.0 Å². The quantitative estimate of drug-likeness (QED) is 0.294. The van der Waals surface area contributed by atoms with Crippen LogP contribution in [0.4, 0.5) is 0 Å². The largest absolute Gasteiger partial charge is 0.350 e. The maximum Gasteiger partial charge on any atom is 0.243 e. The normalized spacial score (nSPS) is 19.9. The van der Waals surface area contributed by atoms with E-state index in [1.807, 2.05) is 0 Å². The van der Waals surface area contributed by atoms with Gasteiger partial charge >= 0.3 is 0 Å². The first-order valence-corrected chi connectivity index (χ1v) is 16.2. The summed E-state index contributed by atoms with van der Waals surface area (Å²) in [5, 5.41) is 3.34. The van der Waals surface area contributed by atoms with Crippen molar-refractivity contribution in [2.45, 2.75) is 69.1 Å². The molecule has 2 aliphatic heterocycles. The number of hydrogen-bond acceptors (Lipinski definition) is 7. The number of amides is 3. The van der Waals surface area contributed by atoms with E-state index in [0.717, 1.165) is 30.4 Å². The predicted molar refractivity (Wildman–Crippen MR) is 160 cm³/mol.